The van der Waals surface area contributed by atoms with Crippen LogP contribution < -0.4 is 5.32 Å². The first-order valence-electron chi connectivity index (χ1n) is 9.35. The first kappa shape index (κ1) is 17.9. The highest BCUT2D eigenvalue weighted by molar-refractivity contribution is 6.05. The predicted octanol–water partition coefficient (Wildman–Crippen LogP) is 5.10. The highest BCUT2D eigenvalue weighted by Gasteiger charge is 2.13. The van der Waals surface area contributed by atoms with Crippen LogP contribution in [-0.4, -0.2) is 20.7 Å². The van der Waals surface area contributed by atoms with Gasteiger partial charge in [-0.1, -0.05) is 44.2 Å². The van der Waals surface area contributed by atoms with E-state index in [1.807, 2.05) is 72.3 Å². The molecule has 5 nitrogen and oxygen atoms in total. The topological polar surface area (TPSA) is 59.8 Å². The summed E-state index contributed by atoms with van der Waals surface area (Å²) in [7, 11) is 0. The van der Waals surface area contributed by atoms with E-state index < -0.39 is 0 Å². The van der Waals surface area contributed by atoms with Crippen LogP contribution in [0.15, 0.2) is 66.9 Å². The molecule has 0 spiro atoms. The highest BCUT2D eigenvalue weighted by atomic mass is 16.1. The van der Waals surface area contributed by atoms with E-state index in [-0.39, 0.29) is 5.91 Å². The zero-order valence-electron chi connectivity index (χ0n) is 16.2. The van der Waals surface area contributed by atoms with Crippen molar-refractivity contribution in [1.29, 1.82) is 0 Å². The number of nitrogens with zero attached hydrogens (tertiary/aromatic N) is 3. The van der Waals surface area contributed by atoms with Gasteiger partial charge in [0.2, 0.25) is 0 Å². The molecule has 0 atom stereocenters. The molecule has 0 fully saturated rings. The van der Waals surface area contributed by atoms with Crippen molar-refractivity contribution in [3.05, 3.63) is 83.7 Å². The van der Waals surface area contributed by atoms with Crippen molar-refractivity contribution in [2.75, 3.05) is 5.32 Å². The van der Waals surface area contributed by atoms with E-state index in [1.54, 1.807) is 6.20 Å². The van der Waals surface area contributed by atoms with Crippen molar-refractivity contribution in [3.8, 4) is 5.69 Å². The molecular formula is C23H22N4O. The fourth-order valence-corrected chi connectivity index (χ4v) is 3.18. The van der Waals surface area contributed by atoms with Crippen LogP contribution in [-0.2, 0) is 0 Å². The Morgan fingerprint density at radius 2 is 1.75 bits per heavy atom. The minimum atomic E-state index is -0.149. The van der Waals surface area contributed by atoms with Crippen LogP contribution in [0.4, 0.5) is 5.69 Å². The van der Waals surface area contributed by atoms with Gasteiger partial charge in [-0.15, -0.1) is 0 Å². The zero-order valence-corrected chi connectivity index (χ0v) is 16.2. The van der Waals surface area contributed by atoms with E-state index in [4.69, 9.17) is 0 Å². The summed E-state index contributed by atoms with van der Waals surface area (Å²) in [4.78, 5) is 17.1. The smallest absolute Gasteiger partial charge is 0.255 e. The molecular weight excluding hydrogens is 348 g/mol. The Balaban J connectivity index is 1.61. The fraction of sp³-hybridized carbons (Fsp3) is 0.174. The molecule has 140 valence electrons. The summed E-state index contributed by atoms with van der Waals surface area (Å²) >= 11 is 0. The van der Waals surface area contributed by atoms with Gasteiger partial charge in [0, 0.05) is 10.9 Å². The van der Waals surface area contributed by atoms with Crippen LogP contribution in [0, 0.1) is 6.92 Å². The maximum atomic E-state index is 12.6. The average Bonchev–Trinajstić information content (AvgIpc) is 3.05. The van der Waals surface area contributed by atoms with Crippen molar-refractivity contribution < 1.29 is 4.79 Å². The summed E-state index contributed by atoms with van der Waals surface area (Å²) in [5, 5.41) is 8.46. The molecule has 1 amide bonds. The van der Waals surface area contributed by atoms with Gasteiger partial charge >= 0.3 is 0 Å². The van der Waals surface area contributed by atoms with Crippen LogP contribution in [0.25, 0.3) is 16.7 Å². The summed E-state index contributed by atoms with van der Waals surface area (Å²) in [6.07, 6.45) is 1.67. The van der Waals surface area contributed by atoms with Gasteiger partial charge in [-0.05, 0) is 48.7 Å². The summed E-state index contributed by atoms with van der Waals surface area (Å²) in [5.41, 5.74) is 5.08. The van der Waals surface area contributed by atoms with Crippen molar-refractivity contribution in [2.24, 2.45) is 0 Å². The molecule has 0 bridgehead atoms. The lowest BCUT2D eigenvalue weighted by Gasteiger charge is -2.08. The van der Waals surface area contributed by atoms with Crippen molar-refractivity contribution >= 4 is 22.6 Å². The molecule has 0 saturated carbocycles. The number of hydrogen-bond acceptors (Lipinski definition) is 3. The standard InChI is InChI=1S/C23H22N4O/c1-15(2)17-9-11-18(12-10-17)23(28)25-19-13-21-16(3)26-27(22(21)24-14-19)20-7-5-4-6-8-20/h4-15H,1-3H3,(H,25,28). The van der Waals surface area contributed by atoms with Crippen molar-refractivity contribution in [2.45, 2.75) is 26.7 Å². The second kappa shape index (κ2) is 7.27. The first-order valence-corrected chi connectivity index (χ1v) is 9.35. The highest BCUT2D eigenvalue weighted by Crippen LogP contribution is 2.23. The number of nitrogens with one attached hydrogen (secondary N) is 1. The van der Waals surface area contributed by atoms with E-state index in [0.717, 1.165) is 22.4 Å². The summed E-state index contributed by atoms with van der Waals surface area (Å²) < 4.78 is 1.82. The molecule has 0 aliphatic carbocycles. The molecule has 2 aromatic heterocycles. The Kier molecular flexibility index (Phi) is 4.65. The minimum absolute atomic E-state index is 0.149. The van der Waals surface area contributed by atoms with Gasteiger partial charge in [0.1, 0.15) is 0 Å². The van der Waals surface area contributed by atoms with Gasteiger partial charge in [0.15, 0.2) is 5.65 Å². The second-order valence-corrected chi connectivity index (χ2v) is 7.16. The molecule has 2 heterocycles. The van der Waals surface area contributed by atoms with Crippen molar-refractivity contribution in [3.63, 3.8) is 0 Å². The molecule has 1 N–H and O–H groups in total. The largest absolute Gasteiger partial charge is 0.321 e. The van der Waals surface area contributed by atoms with Gasteiger partial charge in [-0.3, -0.25) is 4.79 Å². The number of para-hydroxylation sites is 1. The summed E-state index contributed by atoms with van der Waals surface area (Å²) in [6.45, 7) is 6.21. The van der Waals surface area contributed by atoms with E-state index in [1.165, 1.54) is 5.56 Å². The maximum Gasteiger partial charge on any atom is 0.255 e. The molecule has 0 unspecified atom stereocenters. The molecule has 28 heavy (non-hydrogen) atoms. The number of pyridine rings is 1. The lowest BCUT2D eigenvalue weighted by atomic mass is 10.0. The van der Waals surface area contributed by atoms with E-state index in [0.29, 0.717) is 17.2 Å². The Morgan fingerprint density at radius 1 is 1.04 bits per heavy atom. The van der Waals surface area contributed by atoms with Gasteiger partial charge in [0.05, 0.1) is 23.3 Å². The van der Waals surface area contributed by atoms with Gasteiger partial charge < -0.3 is 5.32 Å². The zero-order chi connectivity index (χ0) is 19.7. The van der Waals surface area contributed by atoms with Crippen LogP contribution in [0.2, 0.25) is 0 Å². The number of carbonyl (C=O) groups excluding carboxylic acids is 1. The normalized spacial score (nSPS) is 11.1. The Labute approximate surface area is 164 Å². The van der Waals surface area contributed by atoms with E-state index in [2.05, 4.69) is 29.2 Å². The number of aryl methyl sites for hydroxylation is 1. The Bertz CT molecular complexity index is 1130. The minimum Gasteiger partial charge on any atom is -0.321 e. The maximum absolute atomic E-state index is 12.6. The Morgan fingerprint density at radius 3 is 2.43 bits per heavy atom. The number of anilines is 1. The number of aromatic nitrogens is 3. The quantitative estimate of drug-likeness (QED) is 0.543. The molecule has 2 aromatic carbocycles. The number of benzene rings is 2. The molecule has 4 rings (SSSR count). The first-order chi connectivity index (χ1) is 13.5. The SMILES string of the molecule is Cc1nn(-c2ccccc2)c2ncc(NC(=O)c3ccc(C(C)C)cc3)cc12. The molecule has 0 saturated heterocycles. The molecule has 0 radical (unpaired) electrons. The van der Waals surface area contributed by atoms with E-state index >= 15 is 0 Å². The lowest BCUT2D eigenvalue weighted by Crippen LogP contribution is -2.12. The van der Waals surface area contributed by atoms with E-state index in [9.17, 15) is 4.79 Å². The molecule has 0 aliphatic rings. The summed E-state index contributed by atoms with van der Waals surface area (Å²) in [6, 6.07) is 19.5. The van der Waals surface area contributed by atoms with Gasteiger partial charge in [-0.2, -0.15) is 5.10 Å². The lowest BCUT2D eigenvalue weighted by molar-refractivity contribution is 0.102. The van der Waals surface area contributed by atoms with Gasteiger partial charge in [0.25, 0.3) is 5.91 Å². The van der Waals surface area contributed by atoms with Crippen LogP contribution in [0.1, 0.15) is 41.4 Å². The third-order valence-electron chi connectivity index (χ3n) is 4.81. The van der Waals surface area contributed by atoms with Crippen LogP contribution in [0.5, 0.6) is 0 Å². The molecule has 5 heteroatoms. The van der Waals surface area contributed by atoms with Crippen molar-refractivity contribution in [1.82, 2.24) is 14.8 Å². The molecule has 0 aliphatic heterocycles. The number of rotatable bonds is 4. The third-order valence-corrected chi connectivity index (χ3v) is 4.81. The monoisotopic (exact) mass is 370 g/mol. The number of amides is 1. The summed E-state index contributed by atoms with van der Waals surface area (Å²) in [5.74, 6) is 0.289. The third kappa shape index (κ3) is 3.39. The fourth-order valence-electron chi connectivity index (χ4n) is 3.18. The Hall–Kier alpha value is -3.47. The second-order valence-electron chi connectivity index (χ2n) is 7.16. The van der Waals surface area contributed by atoms with Crippen LogP contribution in [0.3, 0.4) is 0 Å². The van der Waals surface area contributed by atoms with Gasteiger partial charge in [-0.25, -0.2) is 9.67 Å². The number of hydrogen-bond donors (Lipinski definition) is 1. The number of carbonyl (C=O) groups is 1. The molecule has 4 aromatic rings. The van der Waals surface area contributed by atoms with Crippen LogP contribution >= 0.6 is 0 Å². The number of fused-ring (bicyclic) bond motifs is 1. The predicted molar refractivity (Wildman–Crippen MR) is 112 cm³/mol. The average molecular weight is 370 g/mol.